The summed E-state index contributed by atoms with van der Waals surface area (Å²) in [5.41, 5.74) is 1.27. The Hall–Kier alpha value is -2.34. The molecule has 2 amide bonds. The SMILES string of the molecule is CCOc1ccccc1N1C(=O)CC(Nc2ccccc2Br)C1=O. The number of hydrogen-bond acceptors (Lipinski definition) is 4. The first-order chi connectivity index (χ1) is 11.6. The largest absolute Gasteiger partial charge is 0.492 e. The first-order valence-corrected chi connectivity index (χ1v) is 8.50. The van der Waals surface area contributed by atoms with E-state index >= 15 is 0 Å². The third kappa shape index (κ3) is 3.14. The summed E-state index contributed by atoms with van der Waals surface area (Å²) < 4.78 is 6.39. The van der Waals surface area contributed by atoms with Gasteiger partial charge >= 0.3 is 0 Å². The normalized spacial score (nSPS) is 17.2. The first-order valence-electron chi connectivity index (χ1n) is 7.71. The topological polar surface area (TPSA) is 58.6 Å². The minimum Gasteiger partial charge on any atom is -0.492 e. The van der Waals surface area contributed by atoms with E-state index in [1.54, 1.807) is 18.2 Å². The minimum absolute atomic E-state index is 0.112. The summed E-state index contributed by atoms with van der Waals surface area (Å²) in [5, 5.41) is 3.14. The minimum atomic E-state index is -0.592. The summed E-state index contributed by atoms with van der Waals surface area (Å²) in [4.78, 5) is 26.4. The highest BCUT2D eigenvalue weighted by atomic mass is 79.9. The number of ether oxygens (including phenoxy) is 1. The Balaban J connectivity index is 1.86. The zero-order chi connectivity index (χ0) is 17.1. The molecule has 1 unspecified atom stereocenters. The predicted molar refractivity (Wildman–Crippen MR) is 96.3 cm³/mol. The van der Waals surface area contributed by atoms with Crippen LogP contribution >= 0.6 is 15.9 Å². The quantitative estimate of drug-likeness (QED) is 0.795. The van der Waals surface area contributed by atoms with Crippen molar-refractivity contribution in [3.63, 3.8) is 0 Å². The zero-order valence-electron chi connectivity index (χ0n) is 13.2. The summed E-state index contributed by atoms with van der Waals surface area (Å²) in [6.07, 6.45) is 0.112. The molecule has 0 aliphatic carbocycles. The van der Waals surface area contributed by atoms with Crippen LogP contribution in [0, 0.1) is 0 Å². The predicted octanol–water partition coefficient (Wildman–Crippen LogP) is 3.59. The number of nitrogens with one attached hydrogen (secondary N) is 1. The maximum atomic E-state index is 12.8. The van der Waals surface area contributed by atoms with Crippen molar-refractivity contribution in [1.82, 2.24) is 0 Å². The van der Waals surface area contributed by atoms with Gasteiger partial charge in [0.25, 0.3) is 5.91 Å². The molecule has 6 heteroatoms. The number of carbonyl (C=O) groups excluding carboxylic acids is 2. The summed E-state index contributed by atoms with van der Waals surface area (Å²) in [7, 11) is 0. The van der Waals surface area contributed by atoms with Crippen LogP contribution in [0.3, 0.4) is 0 Å². The Morgan fingerprint density at radius 3 is 2.62 bits per heavy atom. The van der Waals surface area contributed by atoms with Gasteiger partial charge < -0.3 is 10.1 Å². The fourth-order valence-corrected chi connectivity index (χ4v) is 3.08. The van der Waals surface area contributed by atoms with E-state index in [4.69, 9.17) is 4.74 Å². The Labute approximate surface area is 148 Å². The van der Waals surface area contributed by atoms with Gasteiger partial charge in [0.15, 0.2) is 0 Å². The third-order valence-electron chi connectivity index (χ3n) is 3.76. The van der Waals surface area contributed by atoms with Crippen molar-refractivity contribution in [2.24, 2.45) is 0 Å². The van der Waals surface area contributed by atoms with Crippen LogP contribution in [0.15, 0.2) is 53.0 Å². The highest BCUT2D eigenvalue weighted by Crippen LogP contribution is 2.33. The first kappa shape index (κ1) is 16.5. The average molecular weight is 389 g/mol. The number of rotatable bonds is 5. The molecule has 1 aliphatic heterocycles. The molecule has 24 heavy (non-hydrogen) atoms. The Morgan fingerprint density at radius 2 is 1.88 bits per heavy atom. The van der Waals surface area contributed by atoms with Crippen molar-refractivity contribution >= 4 is 39.1 Å². The van der Waals surface area contributed by atoms with Gasteiger partial charge in [-0.3, -0.25) is 9.59 Å². The molecule has 2 aromatic rings. The van der Waals surface area contributed by atoms with Gasteiger partial charge in [-0.2, -0.15) is 0 Å². The maximum Gasteiger partial charge on any atom is 0.256 e. The molecule has 0 spiro atoms. The van der Waals surface area contributed by atoms with Crippen molar-refractivity contribution in [2.75, 3.05) is 16.8 Å². The third-order valence-corrected chi connectivity index (χ3v) is 4.45. The lowest BCUT2D eigenvalue weighted by molar-refractivity contribution is -0.121. The van der Waals surface area contributed by atoms with Crippen molar-refractivity contribution in [3.05, 3.63) is 53.0 Å². The van der Waals surface area contributed by atoms with Gasteiger partial charge in [0.2, 0.25) is 5.91 Å². The number of imide groups is 1. The summed E-state index contributed by atoms with van der Waals surface area (Å²) in [6, 6.07) is 14.0. The number of amides is 2. The van der Waals surface area contributed by atoms with Gasteiger partial charge in [-0.15, -0.1) is 0 Å². The number of anilines is 2. The lowest BCUT2D eigenvalue weighted by atomic mass is 10.2. The molecule has 5 nitrogen and oxygen atoms in total. The van der Waals surface area contributed by atoms with Gasteiger partial charge in [-0.25, -0.2) is 4.90 Å². The molecular weight excluding hydrogens is 372 g/mol. The van der Waals surface area contributed by atoms with Crippen LogP contribution in [-0.4, -0.2) is 24.5 Å². The van der Waals surface area contributed by atoms with E-state index in [9.17, 15) is 9.59 Å². The van der Waals surface area contributed by atoms with Gasteiger partial charge in [0.05, 0.1) is 18.7 Å². The zero-order valence-corrected chi connectivity index (χ0v) is 14.7. The van der Waals surface area contributed by atoms with Crippen LogP contribution in [0.25, 0.3) is 0 Å². The van der Waals surface area contributed by atoms with E-state index in [0.717, 1.165) is 10.2 Å². The van der Waals surface area contributed by atoms with E-state index < -0.39 is 6.04 Å². The van der Waals surface area contributed by atoms with Crippen LogP contribution in [0.1, 0.15) is 13.3 Å². The molecule has 0 bridgehead atoms. The highest BCUT2D eigenvalue weighted by molar-refractivity contribution is 9.10. The number of halogens is 1. The number of carbonyl (C=O) groups is 2. The molecule has 124 valence electrons. The molecule has 2 aromatic carbocycles. The van der Waals surface area contributed by atoms with Crippen LogP contribution in [-0.2, 0) is 9.59 Å². The van der Waals surface area contributed by atoms with Gasteiger partial charge in [-0.05, 0) is 47.1 Å². The second-order valence-electron chi connectivity index (χ2n) is 5.35. The van der Waals surface area contributed by atoms with E-state index in [1.165, 1.54) is 4.90 Å². The second-order valence-corrected chi connectivity index (χ2v) is 6.20. The summed E-state index contributed by atoms with van der Waals surface area (Å²) >= 11 is 3.44. The Morgan fingerprint density at radius 1 is 1.17 bits per heavy atom. The van der Waals surface area contributed by atoms with E-state index in [1.807, 2.05) is 37.3 Å². The van der Waals surface area contributed by atoms with Gasteiger partial charge in [0.1, 0.15) is 11.8 Å². The average Bonchev–Trinajstić information content (AvgIpc) is 2.85. The number of benzene rings is 2. The van der Waals surface area contributed by atoms with Crippen molar-refractivity contribution in [2.45, 2.75) is 19.4 Å². The fourth-order valence-electron chi connectivity index (χ4n) is 2.68. The molecular formula is C18H17BrN2O3. The molecule has 1 N–H and O–H groups in total. The molecule has 3 rings (SSSR count). The molecule has 0 aromatic heterocycles. The van der Waals surface area contributed by atoms with E-state index in [-0.39, 0.29) is 18.2 Å². The van der Waals surface area contributed by atoms with Crippen LogP contribution < -0.4 is 15.0 Å². The molecule has 0 saturated carbocycles. The van der Waals surface area contributed by atoms with E-state index in [0.29, 0.717) is 18.0 Å². The fraction of sp³-hybridized carbons (Fsp3) is 0.222. The number of para-hydroxylation sites is 3. The lowest BCUT2D eigenvalue weighted by Crippen LogP contribution is -2.35. The second kappa shape index (κ2) is 7.05. The standard InChI is InChI=1S/C18H17BrN2O3/c1-2-24-16-10-6-5-9-15(16)21-17(22)11-14(18(21)23)20-13-8-4-3-7-12(13)19/h3-10,14,20H,2,11H2,1H3. The van der Waals surface area contributed by atoms with Crippen molar-refractivity contribution in [1.29, 1.82) is 0 Å². The molecule has 1 aliphatic rings. The molecule has 1 heterocycles. The molecule has 0 radical (unpaired) electrons. The van der Waals surface area contributed by atoms with Crippen molar-refractivity contribution < 1.29 is 14.3 Å². The monoisotopic (exact) mass is 388 g/mol. The smallest absolute Gasteiger partial charge is 0.256 e. The maximum absolute atomic E-state index is 12.8. The number of nitrogens with zero attached hydrogens (tertiary/aromatic N) is 1. The summed E-state index contributed by atoms with van der Waals surface area (Å²) in [5.74, 6) is 0.0165. The molecule has 1 saturated heterocycles. The Kier molecular flexibility index (Phi) is 4.85. The number of hydrogen-bond donors (Lipinski definition) is 1. The summed E-state index contributed by atoms with van der Waals surface area (Å²) in [6.45, 7) is 2.33. The Bertz CT molecular complexity index is 778. The van der Waals surface area contributed by atoms with Crippen LogP contribution in [0.4, 0.5) is 11.4 Å². The van der Waals surface area contributed by atoms with E-state index in [2.05, 4.69) is 21.2 Å². The highest BCUT2D eigenvalue weighted by Gasteiger charge is 2.40. The van der Waals surface area contributed by atoms with Crippen LogP contribution in [0.5, 0.6) is 5.75 Å². The molecule has 1 atom stereocenters. The van der Waals surface area contributed by atoms with Crippen LogP contribution in [0.2, 0.25) is 0 Å². The van der Waals surface area contributed by atoms with Gasteiger partial charge in [0, 0.05) is 10.2 Å². The lowest BCUT2D eigenvalue weighted by Gasteiger charge is -2.19. The van der Waals surface area contributed by atoms with Crippen molar-refractivity contribution in [3.8, 4) is 5.75 Å². The van der Waals surface area contributed by atoms with Gasteiger partial charge in [-0.1, -0.05) is 24.3 Å². The molecule has 1 fully saturated rings.